The number of carbonyl (C=O) groups is 1. The Morgan fingerprint density at radius 2 is 1.77 bits per heavy atom. The third-order valence-corrected chi connectivity index (χ3v) is 5.94. The van der Waals surface area contributed by atoms with Crippen molar-refractivity contribution in [1.29, 1.82) is 0 Å². The second kappa shape index (κ2) is 9.80. The molecule has 0 aliphatic heterocycles. The van der Waals surface area contributed by atoms with Gasteiger partial charge in [-0.25, -0.2) is 12.8 Å². The predicted molar refractivity (Wildman–Crippen MR) is 114 cm³/mol. The van der Waals surface area contributed by atoms with Gasteiger partial charge >= 0.3 is 0 Å². The van der Waals surface area contributed by atoms with Crippen LogP contribution in [-0.2, 0) is 14.8 Å². The van der Waals surface area contributed by atoms with Crippen LogP contribution < -0.4 is 19.1 Å². The number of anilines is 1. The van der Waals surface area contributed by atoms with Crippen LogP contribution >= 0.6 is 0 Å². The zero-order chi connectivity index (χ0) is 22.5. The Balaban J connectivity index is 2.32. The second-order valence-electron chi connectivity index (χ2n) is 6.77. The minimum absolute atomic E-state index is 0.179. The number of carbonyl (C=O) groups excluding carboxylic acids is 1. The fourth-order valence-electron chi connectivity index (χ4n) is 3.19. The van der Waals surface area contributed by atoms with Crippen molar-refractivity contribution < 1.29 is 27.1 Å². The van der Waals surface area contributed by atoms with E-state index in [-0.39, 0.29) is 5.69 Å². The van der Waals surface area contributed by atoms with Gasteiger partial charge in [0, 0.05) is 0 Å². The zero-order valence-electron chi connectivity index (χ0n) is 17.7. The minimum Gasteiger partial charge on any atom is -0.493 e. The van der Waals surface area contributed by atoms with E-state index in [1.165, 1.54) is 39.3 Å². The lowest BCUT2D eigenvalue weighted by molar-refractivity contribution is -0.122. The van der Waals surface area contributed by atoms with Gasteiger partial charge in [0.1, 0.15) is 11.9 Å². The fourth-order valence-corrected chi connectivity index (χ4v) is 4.37. The molecule has 0 unspecified atom stereocenters. The largest absolute Gasteiger partial charge is 0.493 e. The topological polar surface area (TPSA) is 84.9 Å². The summed E-state index contributed by atoms with van der Waals surface area (Å²) in [7, 11) is -0.872. The molecule has 0 fully saturated rings. The first-order valence-corrected chi connectivity index (χ1v) is 11.2. The van der Waals surface area contributed by atoms with Gasteiger partial charge in [0.2, 0.25) is 15.9 Å². The smallest absolute Gasteiger partial charge is 0.244 e. The molecule has 0 radical (unpaired) electrons. The molecule has 2 rings (SSSR count). The van der Waals surface area contributed by atoms with E-state index in [4.69, 9.17) is 9.47 Å². The Morgan fingerprint density at radius 1 is 1.13 bits per heavy atom. The Labute approximate surface area is 176 Å². The molecule has 0 saturated heterocycles. The van der Waals surface area contributed by atoms with E-state index < -0.39 is 33.8 Å². The molecule has 1 N–H and O–H groups in total. The van der Waals surface area contributed by atoms with Crippen LogP contribution in [0.25, 0.3) is 0 Å². The Bertz CT molecular complexity index is 997. The summed E-state index contributed by atoms with van der Waals surface area (Å²) in [6.45, 7) is 3.31. The first-order chi connectivity index (χ1) is 14.1. The Morgan fingerprint density at radius 3 is 2.30 bits per heavy atom. The maximum Gasteiger partial charge on any atom is 0.244 e. The van der Waals surface area contributed by atoms with Gasteiger partial charge in [0.25, 0.3) is 0 Å². The minimum atomic E-state index is -3.92. The summed E-state index contributed by atoms with van der Waals surface area (Å²) >= 11 is 0. The zero-order valence-corrected chi connectivity index (χ0v) is 18.5. The van der Waals surface area contributed by atoms with Crippen LogP contribution in [0.5, 0.6) is 11.5 Å². The number of sulfonamides is 1. The monoisotopic (exact) mass is 438 g/mol. The lowest BCUT2D eigenvalue weighted by Crippen LogP contribution is -2.48. The third kappa shape index (κ3) is 5.21. The summed E-state index contributed by atoms with van der Waals surface area (Å²) < 4.78 is 50.3. The van der Waals surface area contributed by atoms with Crippen molar-refractivity contribution in [3.8, 4) is 11.5 Å². The number of rotatable bonds is 9. The Kier molecular flexibility index (Phi) is 7.66. The van der Waals surface area contributed by atoms with Gasteiger partial charge in [-0.3, -0.25) is 9.10 Å². The number of benzene rings is 2. The Hall–Kier alpha value is -2.81. The van der Waals surface area contributed by atoms with Crippen molar-refractivity contribution in [1.82, 2.24) is 5.32 Å². The molecule has 0 saturated carbocycles. The number of amides is 1. The number of nitrogens with one attached hydrogen (secondary N) is 1. The summed E-state index contributed by atoms with van der Waals surface area (Å²) in [5.41, 5.74) is 0.592. The summed E-state index contributed by atoms with van der Waals surface area (Å²) in [6, 6.07) is 9.16. The van der Waals surface area contributed by atoms with Gasteiger partial charge in [0.05, 0.1) is 32.2 Å². The number of para-hydroxylation sites is 1. The molecule has 0 aromatic heterocycles. The van der Waals surface area contributed by atoms with Crippen LogP contribution in [0.3, 0.4) is 0 Å². The first-order valence-electron chi connectivity index (χ1n) is 9.40. The van der Waals surface area contributed by atoms with Crippen LogP contribution in [-0.4, -0.2) is 40.8 Å². The van der Waals surface area contributed by atoms with E-state index in [0.29, 0.717) is 17.9 Å². The highest BCUT2D eigenvalue weighted by Crippen LogP contribution is 2.31. The molecule has 164 valence electrons. The fraction of sp³-hybridized carbons (Fsp3) is 0.381. The number of methoxy groups -OCH3 is 2. The molecule has 0 aliphatic carbocycles. The predicted octanol–water partition coefficient (Wildman–Crippen LogP) is 3.26. The van der Waals surface area contributed by atoms with Crippen molar-refractivity contribution in [2.45, 2.75) is 32.4 Å². The molecule has 9 heteroatoms. The number of nitrogens with zero attached hydrogens (tertiary/aromatic N) is 1. The van der Waals surface area contributed by atoms with Crippen LogP contribution in [0.15, 0.2) is 42.5 Å². The quantitative estimate of drug-likeness (QED) is 0.650. The van der Waals surface area contributed by atoms with Crippen LogP contribution in [0, 0.1) is 5.82 Å². The number of ether oxygens (including phenoxy) is 2. The maximum atomic E-state index is 14.3. The van der Waals surface area contributed by atoms with Crippen LogP contribution in [0.1, 0.15) is 31.9 Å². The molecule has 7 nitrogen and oxygen atoms in total. The summed E-state index contributed by atoms with van der Waals surface area (Å²) in [6.07, 6.45) is 1.49. The highest BCUT2D eigenvalue weighted by molar-refractivity contribution is 7.92. The number of hydrogen-bond acceptors (Lipinski definition) is 5. The van der Waals surface area contributed by atoms with Crippen LogP contribution in [0.2, 0.25) is 0 Å². The van der Waals surface area contributed by atoms with Gasteiger partial charge in [-0.05, 0) is 43.2 Å². The average molecular weight is 439 g/mol. The molecule has 2 atom stereocenters. The van der Waals surface area contributed by atoms with Gasteiger partial charge in [0.15, 0.2) is 11.5 Å². The molecule has 0 aliphatic rings. The molecule has 0 heterocycles. The van der Waals surface area contributed by atoms with E-state index in [2.05, 4.69) is 5.32 Å². The molecule has 2 aromatic carbocycles. The van der Waals surface area contributed by atoms with Gasteiger partial charge < -0.3 is 14.8 Å². The second-order valence-corrected chi connectivity index (χ2v) is 8.63. The van der Waals surface area contributed by atoms with E-state index >= 15 is 0 Å². The molecule has 0 bridgehead atoms. The first kappa shape index (κ1) is 23.5. The molecule has 0 spiro atoms. The third-order valence-electron chi connectivity index (χ3n) is 4.71. The maximum absolute atomic E-state index is 14.3. The van der Waals surface area contributed by atoms with Crippen molar-refractivity contribution in [2.75, 3.05) is 24.8 Å². The van der Waals surface area contributed by atoms with Gasteiger partial charge in [-0.1, -0.05) is 25.1 Å². The molecular weight excluding hydrogens is 411 g/mol. The van der Waals surface area contributed by atoms with E-state index in [0.717, 1.165) is 22.2 Å². The highest BCUT2D eigenvalue weighted by Gasteiger charge is 2.32. The van der Waals surface area contributed by atoms with Crippen molar-refractivity contribution in [3.63, 3.8) is 0 Å². The lowest BCUT2D eigenvalue weighted by Gasteiger charge is -2.30. The molecule has 30 heavy (non-hydrogen) atoms. The van der Waals surface area contributed by atoms with E-state index in [1.54, 1.807) is 18.2 Å². The van der Waals surface area contributed by atoms with Gasteiger partial charge in [-0.15, -0.1) is 0 Å². The highest BCUT2D eigenvalue weighted by atomic mass is 32.2. The lowest BCUT2D eigenvalue weighted by atomic mass is 10.0. The van der Waals surface area contributed by atoms with Crippen molar-refractivity contribution in [2.24, 2.45) is 0 Å². The molecular formula is C21H27FN2O5S. The summed E-state index contributed by atoms with van der Waals surface area (Å²) in [5.74, 6) is -0.210. The summed E-state index contributed by atoms with van der Waals surface area (Å²) in [5, 5.41) is 2.85. The number of hydrogen-bond donors (Lipinski definition) is 1. The van der Waals surface area contributed by atoms with E-state index in [1.807, 2.05) is 6.92 Å². The summed E-state index contributed by atoms with van der Waals surface area (Å²) in [4.78, 5) is 12.9. The molecule has 1 amide bonds. The van der Waals surface area contributed by atoms with Crippen LogP contribution in [0.4, 0.5) is 10.1 Å². The van der Waals surface area contributed by atoms with Crippen molar-refractivity contribution in [3.05, 3.63) is 53.8 Å². The van der Waals surface area contributed by atoms with E-state index in [9.17, 15) is 17.6 Å². The number of halogens is 1. The average Bonchev–Trinajstić information content (AvgIpc) is 2.71. The molecule has 2 aromatic rings. The normalized spacial score (nSPS) is 13.3. The van der Waals surface area contributed by atoms with Gasteiger partial charge in [-0.2, -0.15) is 0 Å². The standard InChI is InChI=1S/C21H27FN2O5S/c1-6-17(15-11-12-19(28-3)20(13-15)29-4)23-21(25)14(2)24(30(5,26)27)18-10-8-7-9-16(18)22/h7-14,17H,6H2,1-5H3,(H,23,25)/t14-,17-/m0/s1. The van der Waals surface area contributed by atoms with Crippen molar-refractivity contribution >= 4 is 21.6 Å². The SMILES string of the molecule is CC[C@H](NC(=O)[C@H](C)N(c1ccccc1F)S(C)(=O)=O)c1ccc(OC)c(OC)c1.